The molecule has 2 N–H and O–H groups in total. The molecule has 43 heavy (non-hydrogen) atoms. The molecule has 224 valence electrons. The lowest BCUT2D eigenvalue weighted by Crippen LogP contribution is -2.18. The summed E-state index contributed by atoms with van der Waals surface area (Å²) in [5.74, 6) is -3.26. The number of hydrogen-bond donors (Lipinski definition) is 2. The highest BCUT2D eigenvalue weighted by Crippen LogP contribution is 2.34. The Labute approximate surface area is 252 Å². The Balaban J connectivity index is 1.56. The molecular weight excluding hydrogens is 546 g/mol. The summed E-state index contributed by atoms with van der Waals surface area (Å²) in [6.45, 7) is 8.96. The zero-order chi connectivity index (χ0) is 31.2. The van der Waals surface area contributed by atoms with Gasteiger partial charge in [-0.2, -0.15) is 0 Å². The number of aryl methyl sites for hydroxylation is 1. The highest BCUT2D eigenvalue weighted by atomic mass is 19.1. The fraction of sp³-hybridized carbons (Fsp3) is 0.270. The van der Waals surface area contributed by atoms with Crippen LogP contribution in [0.2, 0.25) is 0 Å². The SMILES string of the molecule is CC(/C=C/c1ccccc1OCc1ccc(C(C)(C)C)cc1)(CCc1ccc(C(=O)O)cc1)Cc1cc(F)c(O)c(F)c1. The topological polar surface area (TPSA) is 66.8 Å². The number of hydrogen-bond acceptors (Lipinski definition) is 3. The monoisotopic (exact) mass is 584 g/mol. The molecule has 4 rings (SSSR count). The van der Waals surface area contributed by atoms with Crippen molar-refractivity contribution < 1.29 is 28.5 Å². The van der Waals surface area contributed by atoms with Gasteiger partial charge in [0, 0.05) is 5.56 Å². The normalized spacial score (nSPS) is 13.2. The Bertz CT molecular complexity index is 1560. The maximum Gasteiger partial charge on any atom is 0.335 e. The number of carbonyl (C=O) groups is 1. The van der Waals surface area contributed by atoms with Crippen LogP contribution in [-0.4, -0.2) is 16.2 Å². The Morgan fingerprint density at radius 2 is 1.44 bits per heavy atom. The molecule has 1 atom stereocenters. The summed E-state index contributed by atoms with van der Waals surface area (Å²) in [4.78, 5) is 11.2. The van der Waals surface area contributed by atoms with Gasteiger partial charge in [0.2, 0.25) is 0 Å². The van der Waals surface area contributed by atoms with Gasteiger partial charge >= 0.3 is 5.97 Å². The summed E-state index contributed by atoms with van der Waals surface area (Å²) in [5, 5.41) is 18.8. The number of benzene rings is 4. The lowest BCUT2D eigenvalue weighted by atomic mass is 9.78. The molecule has 0 aliphatic rings. The number of allylic oxidation sites excluding steroid dienone is 1. The summed E-state index contributed by atoms with van der Waals surface area (Å²) < 4.78 is 34.6. The van der Waals surface area contributed by atoms with Gasteiger partial charge < -0.3 is 14.9 Å². The van der Waals surface area contributed by atoms with Crippen LogP contribution in [0.5, 0.6) is 11.5 Å². The summed E-state index contributed by atoms with van der Waals surface area (Å²) in [6.07, 6.45) is 5.55. The lowest BCUT2D eigenvalue weighted by Gasteiger charge is -2.27. The van der Waals surface area contributed by atoms with E-state index in [0.717, 1.165) is 28.8 Å². The second kappa shape index (κ2) is 13.2. The molecule has 6 heteroatoms. The number of para-hydroxylation sites is 1. The second-order valence-corrected chi connectivity index (χ2v) is 12.3. The average Bonchev–Trinajstić information content (AvgIpc) is 2.97. The van der Waals surface area contributed by atoms with Crippen molar-refractivity contribution in [1.82, 2.24) is 0 Å². The molecule has 0 bridgehead atoms. The summed E-state index contributed by atoms with van der Waals surface area (Å²) in [6, 6.07) is 25.1. The van der Waals surface area contributed by atoms with Crippen LogP contribution in [0, 0.1) is 17.0 Å². The van der Waals surface area contributed by atoms with Crippen LogP contribution >= 0.6 is 0 Å². The van der Waals surface area contributed by atoms with E-state index in [1.807, 2.05) is 43.3 Å². The molecule has 0 heterocycles. The number of halogens is 2. The van der Waals surface area contributed by atoms with Gasteiger partial charge in [-0.15, -0.1) is 0 Å². The van der Waals surface area contributed by atoms with E-state index in [-0.39, 0.29) is 11.0 Å². The highest BCUT2D eigenvalue weighted by molar-refractivity contribution is 5.87. The molecule has 0 amide bonds. The van der Waals surface area contributed by atoms with Gasteiger partial charge in [0.1, 0.15) is 12.4 Å². The summed E-state index contributed by atoms with van der Waals surface area (Å²) >= 11 is 0. The third-order valence-corrected chi connectivity index (χ3v) is 7.67. The predicted octanol–water partition coefficient (Wildman–Crippen LogP) is 9.14. The number of aromatic hydroxyl groups is 1. The second-order valence-electron chi connectivity index (χ2n) is 12.3. The molecule has 0 aromatic heterocycles. The number of rotatable bonds is 11. The Hall–Kier alpha value is -4.45. The smallest absolute Gasteiger partial charge is 0.335 e. The van der Waals surface area contributed by atoms with Crippen molar-refractivity contribution >= 4 is 12.0 Å². The van der Waals surface area contributed by atoms with Gasteiger partial charge in [0.15, 0.2) is 17.4 Å². The van der Waals surface area contributed by atoms with Gasteiger partial charge in [-0.1, -0.05) is 94.4 Å². The molecule has 0 aliphatic heterocycles. The number of carboxylic acid groups (broad SMARTS) is 1. The third-order valence-electron chi connectivity index (χ3n) is 7.67. The summed E-state index contributed by atoms with van der Waals surface area (Å²) in [7, 11) is 0. The molecule has 0 radical (unpaired) electrons. The van der Waals surface area contributed by atoms with E-state index in [4.69, 9.17) is 4.74 Å². The Morgan fingerprint density at radius 3 is 2.05 bits per heavy atom. The largest absolute Gasteiger partial charge is 0.503 e. The molecule has 0 aliphatic carbocycles. The first-order chi connectivity index (χ1) is 20.3. The van der Waals surface area contributed by atoms with Crippen molar-refractivity contribution in [2.45, 2.75) is 59.0 Å². The fourth-order valence-electron chi connectivity index (χ4n) is 4.96. The van der Waals surface area contributed by atoms with Crippen LogP contribution in [0.4, 0.5) is 8.78 Å². The number of ether oxygens (including phenoxy) is 1. The third kappa shape index (κ3) is 8.54. The first kappa shape index (κ1) is 31.5. The van der Waals surface area contributed by atoms with Crippen molar-refractivity contribution in [1.29, 1.82) is 0 Å². The minimum Gasteiger partial charge on any atom is -0.503 e. The minimum atomic E-state index is -1.00. The highest BCUT2D eigenvalue weighted by Gasteiger charge is 2.24. The van der Waals surface area contributed by atoms with Crippen molar-refractivity contribution in [2.75, 3.05) is 0 Å². The molecule has 0 saturated carbocycles. The van der Waals surface area contributed by atoms with Crippen LogP contribution in [0.15, 0.2) is 91.0 Å². The van der Waals surface area contributed by atoms with Crippen molar-refractivity contribution in [3.8, 4) is 11.5 Å². The number of aromatic carboxylic acids is 1. The van der Waals surface area contributed by atoms with Crippen LogP contribution in [-0.2, 0) is 24.9 Å². The number of phenols is 1. The first-order valence-electron chi connectivity index (χ1n) is 14.3. The Kier molecular flexibility index (Phi) is 9.70. The van der Waals surface area contributed by atoms with Crippen molar-refractivity contribution in [3.05, 3.63) is 136 Å². The van der Waals surface area contributed by atoms with Crippen molar-refractivity contribution in [3.63, 3.8) is 0 Å². The number of carboxylic acids is 1. The standard InChI is InChI=1S/C37H38F2O4/c1-36(2,3)30-15-11-26(12-16-30)24-43-33-8-6-5-7-28(33)18-20-37(4,23-27-21-31(38)34(40)32(39)22-27)19-17-25-9-13-29(14-10-25)35(41)42/h5-16,18,20-22,40H,17,19,23-24H2,1-4H3,(H,41,42)/b20-18+. The molecule has 4 aromatic carbocycles. The zero-order valence-corrected chi connectivity index (χ0v) is 25.0. The molecule has 0 fully saturated rings. The minimum absolute atomic E-state index is 0.0725. The van der Waals surface area contributed by atoms with Crippen LogP contribution < -0.4 is 4.74 Å². The van der Waals surface area contributed by atoms with E-state index in [9.17, 15) is 23.8 Å². The molecule has 0 saturated heterocycles. The lowest BCUT2D eigenvalue weighted by molar-refractivity contribution is 0.0697. The van der Waals surface area contributed by atoms with Crippen LogP contribution in [0.3, 0.4) is 0 Å². The van der Waals surface area contributed by atoms with Gasteiger partial charge in [-0.05, 0) is 82.7 Å². The van der Waals surface area contributed by atoms with Gasteiger partial charge in [-0.25, -0.2) is 13.6 Å². The molecule has 0 spiro atoms. The van der Waals surface area contributed by atoms with E-state index in [1.54, 1.807) is 24.3 Å². The number of phenolic OH excluding ortho intramolecular Hbond substituents is 1. The van der Waals surface area contributed by atoms with E-state index in [1.165, 1.54) is 5.56 Å². The van der Waals surface area contributed by atoms with Gasteiger partial charge in [-0.3, -0.25) is 0 Å². The average molecular weight is 585 g/mol. The van der Waals surface area contributed by atoms with Gasteiger partial charge in [0.05, 0.1) is 5.56 Å². The predicted molar refractivity (Wildman–Crippen MR) is 167 cm³/mol. The first-order valence-corrected chi connectivity index (χ1v) is 14.3. The molecular formula is C37H38F2O4. The molecule has 4 nitrogen and oxygen atoms in total. The molecule has 4 aromatic rings. The van der Waals surface area contributed by atoms with Crippen molar-refractivity contribution in [2.24, 2.45) is 5.41 Å². The van der Waals surface area contributed by atoms with E-state index >= 15 is 0 Å². The van der Waals surface area contributed by atoms with Gasteiger partial charge in [0.25, 0.3) is 0 Å². The van der Waals surface area contributed by atoms with E-state index in [0.29, 0.717) is 37.2 Å². The quantitative estimate of drug-likeness (QED) is 0.185. The maximum atomic E-state index is 14.2. The maximum absolute atomic E-state index is 14.2. The summed E-state index contributed by atoms with van der Waals surface area (Å²) in [5.41, 5.74) is 4.29. The molecule has 1 unspecified atom stereocenters. The fourth-order valence-corrected chi connectivity index (χ4v) is 4.96. The van der Waals surface area contributed by atoms with Crippen LogP contribution in [0.25, 0.3) is 6.08 Å². The van der Waals surface area contributed by atoms with E-state index in [2.05, 4.69) is 45.0 Å². The Morgan fingerprint density at radius 1 is 0.837 bits per heavy atom. The van der Waals surface area contributed by atoms with Crippen LogP contribution in [0.1, 0.15) is 72.3 Å². The zero-order valence-electron chi connectivity index (χ0n) is 25.0. The van der Waals surface area contributed by atoms with E-state index < -0.39 is 28.8 Å².